The lowest BCUT2D eigenvalue weighted by atomic mass is 10.0. The third kappa shape index (κ3) is 3.18. The molecule has 0 bridgehead atoms. The molecule has 1 aliphatic rings. The minimum Gasteiger partial charge on any atom is -0.318 e. The zero-order valence-electron chi connectivity index (χ0n) is 11.7. The number of rotatable bonds is 4. The lowest BCUT2D eigenvalue weighted by molar-refractivity contribution is 0.134. The predicted octanol–water partition coefficient (Wildman–Crippen LogP) is 2.96. The zero-order chi connectivity index (χ0) is 15.6. The Morgan fingerprint density at radius 2 is 1.52 bits per heavy atom. The summed E-state index contributed by atoms with van der Waals surface area (Å²) >= 11 is 0. The lowest BCUT2D eigenvalue weighted by Crippen LogP contribution is -2.44. The van der Waals surface area contributed by atoms with Gasteiger partial charge in [-0.3, -0.25) is 4.90 Å². The van der Waals surface area contributed by atoms with E-state index in [1.54, 1.807) is 11.9 Å². The molecule has 0 amide bonds. The second-order valence-electron chi connectivity index (χ2n) is 5.23. The summed E-state index contributed by atoms with van der Waals surface area (Å²) < 4.78 is 66.9. The van der Waals surface area contributed by atoms with Gasteiger partial charge in [-0.25, -0.2) is 22.0 Å². The Hall–Kier alpha value is -1.21. The van der Waals surface area contributed by atoms with E-state index in [0.29, 0.717) is 13.1 Å². The van der Waals surface area contributed by atoms with Crippen LogP contribution in [0.2, 0.25) is 0 Å². The van der Waals surface area contributed by atoms with Gasteiger partial charge in [0.1, 0.15) is 0 Å². The van der Waals surface area contributed by atoms with Crippen molar-refractivity contribution in [3.8, 4) is 0 Å². The van der Waals surface area contributed by atoms with Crippen LogP contribution < -0.4 is 5.32 Å². The van der Waals surface area contributed by atoms with E-state index in [-0.39, 0.29) is 12.6 Å². The van der Waals surface area contributed by atoms with Crippen molar-refractivity contribution in [2.24, 2.45) is 0 Å². The second kappa shape index (κ2) is 6.70. The van der Waals surface area contributed by atoms with Gasteiger partial charge < -0.3 is 5.32 Å². The van der Waals surface area contributed by atoms with E-state index in [2.05, 4.69) is 5.32 Å². The van der Waals surface area contributed by atoms with Crippen molar-refractivity contribution in [1.82, 2.24) is 10.2 Å². The van der Waals surface area contributed by atoms with Gasteiger partial charge in [0, 0.05) is 24.7 Å². The number of benzene rings is 1. The fourth-order valence-corrected chi connectivity index (χ4v) is 2.73. The molecule has 2 nitrogen and oxygen atoms in total. The SMILES string of the molecule is CNCC1CCCCN1Cc1c(F)c(F)c(F)c(F)c1F. The molecule has 1 aromatic carbocycles. The lowest BCUT2D eigenvalue weighted by Gasteiger charge is -2.35. The van der Waals surface area contributed by atoms with Gasteiger partial charge in [0.05, 0.1) is 0 Å². The summed E-state index contributed by atoms with van der Waals surface area (Å²) in [7, 11) is 1.76. The molecule has 0 saturated carbocycles. The third-order valence-corrected chi connectivity index (χ3v) is 3.85. The van der Waals surface area contributed by atoms with Gasteiger partial charge in [0.15, 0.2) is 23.3 Å². The van der Waals surface area contributed by atoms with E-state index in [4.69, 9.17) is 0 Å². The highest BCUT2D eigenvalue weighted by Crippen LogP contribution is 2.26. The summed E-state index contributed by atoms with van der Waals surface area (Å²) in [6.45, 7) is 0.902. The summed E-state index contributed by atoms with van der Waals surface area (Å²) in [5.41, 5.74) is -0.755. The predicted molar refractivity (Wildman–Crippen MR) is 68.2 cm³/mol. The average molecular weight is 308 g/mol. The highest BCUT2D eigenvalue weighted by Gasteiger charge is 2.29. The molecule has 1 heterocycles. The van der Waals surface area contributed by atoms with Gasteiger partial charge in [-0.2, -0.15) is 0 Å². The van der Waals surface area contributed by atoms with Crippen LogP contribution >= 0.6 is 0 Å². The van der Waals surface area contributed by atoms with E-state index in [1.807, 2.05) is 0 Å². The topological polar surface area (TPSA) is 15.3 Å². The largest absolute Gasteiger partial charge is 0.318 e. The monoisotopic (exact) mass is 308 g/mol. The molecular weight excluding hydrogens is 291 g/mol. The minimum atomic E-state index is -2.11. The number of likely N-dealkylation sites (N-methyl/N-ethyl adjacent to an activating group) is 1. The Morgan fingerprint density at radius 3 is 2.10 bits per heavy atom. The molecule has 0 spiro atoms. The summed E-state index contributed by atoms with van der Waals surface area (Å²) in [5.74, 6) is -9.35. The first-order valence-corrected chi connectivity index (χ1v) is 6.86. The molecule has 2 rings (SSSR count). The van der Waals surface area contributed by atoms with Gasteiger partial charge in [-0.05, 0) is 26.4 Å². The standard InChI is InChI=1S/C14H17F5N2/c1-20-6-8-4-2-3-5-21(8)7-9-10(15)12(17)14(19)13(18)11(9)16/h8,20H,2-7H2,1H3. The fourth-order valence-electron chi connectivity index (χ4n) is 2.73. The Bertz CT molecular complexity index is 490. The highest BCUT2D eigenvalue weighted by molar-refractivity contribution is 5.24. The maximum Gasteiger partial charge on any atom is 0.200 e. The molecule has 7 heteroatoms. The van der Waals surface area contributed by atoms with E-state index in [9.17, 15) is 22.0 Å². The molecule has 0 aliphatic carbocycles. The molecule has 1 saturated heterocycles. The van der Waals surface area contributed by atoms with Crippen LogP contribution in [0.5, 0.6) is 0 Å². The third-order valence-electron chi connectivity index (χ3n) is 3.85. The summed E-state index contributed by atoms with van der Waals surface area (Å²) in [6, 6.07) is 0.0266. The summed E-state index contributed by atoms with van der Waals surface area (Å²) in [5, 5.41) is 2.98. The van der Waals surface area contributed by atoms with Crippen LogP contribution in [-0.4, -0.2) is 31.1 Å². The van der Waals surface area contributed by atoms with E-state index in [1.165, 1.54) is 0 Å². The molecular formula is C14H17F5N2. The zero-order valence-corrected chi connectivity index (χ0v) is 11.7. The fraction of sp³-hybridized carbons (Fsp3) is 0.571. The van der Waals surface area contributed by atoms with Crippen molar-refractivity contribution in [2.45, 2.75) is 31.8 Å². The smallest absolute Gasteiger partial charge is 0.200 e. The van der Waals surface area contributed by atoms with Crippen molar-refractivity contribution in [2.75, 3.05) is 20.1 Å². The molecule has 1 fully saturated rings. The molecule has 1 N–H and O–H groups in total. The molecule has 1 atom stereocenters. The Balaban J connectivity index is 2.30. The number of piperidine rings is 1. The highest BCUT2D eigenvalue weighted by atomic mass is 19.2. The Labute approximate surface area is 119 Å². The minimum absolute atomic E-state index is 0.0266. The van der Waals surface area contributed by atoms with Crippen molar-refractivity contribution < 1.29 is 22.0 Å². The first-order chi connectivity index (χ1) is 9.97. The first-order valence-electron chi connectivity index (χ1n) is 6.86. The van der Waals surface area contributed by atoms with Crippen LogP contribution in [0.1, 0.15) is 24.8 Å². The quantitative estimate of drug-likeness (QED) is 0.523. The van der Waals surface area contributed by atoms with Crippen molar-refractivity contribution in [3.63, 3.8) is 0 Å². The van der Waals surface area contributed by atoms with Crippen LogP contribution in [0.15, 0.2) is 0 Å². The Kier molecular flexibility index (Phi) is 5.16. The molecule has 21 heavy (non-hydrogen) atoms. The maximum atomic E-state index is 13.7. The van der Waals surface area contributed by atoms with Gasteiger partial charge in [0.2, 0.25) is 5.82 Å². The average Bonchev–Trinajstić information content (AvgIpc) is 2.49. The van der Waals surface area contributed by atoms with Crippen LogP contribution in [0.4, 0.5) is 22.0 Å². The number of hydrogen-bond acceptors (Lipinski definition) is 2. The molecule has 1 aromatic rings. The molecule has 0 aromatic heterocycles. The molecule has 1 aliphatic heterocycles. The van der Waals surface area contributed by atoms with Gasteiger partial charge in [-0.1, -0.05) is 6.42 Å². The van der Waals surface area contributed by atoms with Gasteiger partial charge in [0.25, 0.3) is 0 Å². The van der Waals surface area contributed by atoms with E-state index >= 15 is 0 Å². The number of nitrogens with one attached hydrogen (secondary N) is 1. The summed E-state index contributed by atoms with van der Waals surface area (Å²) in [6.07, 6.45) is 2.66. The Morgan fingerprint density at radius 1 is 0.952 bits per heavy atom. The first kappa shape index (κ1) is 16.2. The van der Waals surface area contributed by atoms with Crippen LogP contribution in [0.3, 0.4) is 0 Å². The molecule has 0 radical (unpaired) electrons. The van der Waals surface area contributed by atoms with Crippen molar-refractivity contribution in [1.29, 1.82) is 0 Å². The van der Waals surface area contributed by atoms with Gasteiger partial charge >= 0.3 is 0 Å². The summed E-state index contributed by atoms with van der Waals surface area (Å²) in [4.78, 5) is 1.76. The number of hydrogen-bond donors (Lipinski definition) is 1. The molecule has 1 unspecified atom stereocenters. The van der Waals surface area contributed by atoms with Crippen LogP contribution in [0.25, 0.3) is 0 Å². The number of likely N-dealkylation sites (tertiary alicyclic amines) is 1. The number of nitrogens with zero attached hydrogens (tertiary/aromatic N) is 1. The maximum absolute atomic E-state index is 13.7. The van der Waals surface area contributed by atoms with Crippen LogP contribution in [0, 0.1) is 29.1 Å². The molecule has 118 valence electrons. The van der Waals surface area contributed by atoms with Gasteiger partial charge in [-0.15, -0.1) is 0 Å². The normalized spacial score (nSPS) is 20.0. The second-order valence-corrected chi connectivity index (χ2v) is 5.23. The number of halogens is 5. The van der Waals surface area contributed by atoms with E-state index < -0.39 is 34.6 Å². The van der Waals surface area contributed by atoms with Crippen molar-refractivity contribution >= 4 is 0 Å². The van der Waals surface area contributed by atoms with Crippen LogP contribution in [-0.2, 0) is 6.54 Å². The van der Waals surface area contributed by atoms with E-state index in [0.717, 1.165) is 19.3 Å². The van der Waals surface area contributed by atoms with Crippen molar-refractivity contribution in [3.05, 3.63) is 34.6 Å².